The van der Waals surface area contributed by atoms with Crippen LogP contribution < -0.4 is 5.32 Å². The number of aromatic nitrogens is 1. The fourth-order valence-corrected chi connectivity index (χ4v) is 4.26. The minimum absolute atomic E-state index is 0.153. The summed E-state index contributed by atoms with van der Waals surface area (Å²) < 4.78 is 36.8. The molecule has 0 saturated carbocycles. The molecule has 0 aliphatic rings. The summed E-state index contributed by atoms with van der Waals surface area (Å²) in [5, 5.41) is 3.78. The first kappa shape index (κ1) is 20.8. The van der Waals surface area contributed by atoms with E-state index in [-0.39, 0.29) is 23.0 Å². The Morgan fingerprint density at radius 3 is 2.48 bits per heavy atom. The SMILES string of the molecule is CS(=O)(=O)c1cccc(NC(=O)CCc2c(-c3ccc(F)cc3)[nH]c3ccccc23)c1. The lowest BCUT2D eigenvalue weighted by atomic mass is 10.0. The molecule has 5 nitrogen and oxygen atoms in total. The van der Waals surface area contributed by atoms with Crippen LogP contribution in [0, 0.1) is 5.82 Å². The van der Waals surface area contributed by atoms with Crippen molar-refractivity contribution in [3.8, 4) is 11.3 Å². The molecule has 0 saturated heterocycles. The van der Waals surface area contributed by atoms with Crippen molar-refractivity contribution in [2.24, 2.45) is 0 Å². The minimum Gasteiger partial charge on any atom is -0.354 e. The number of fused-ring (bicyclic) bond motifs is 1. The van der Waals surface area contributed by atoms with Crippen LogP contribution in [0.3, 0.4) is 0 Å². The van der Waals surface area contributed by atoms with E-state index in [9.17, 15) is 17.6 Å². The third kappa shape index (κ3) is 4.67. The van der Waals surface area contributed by atoms with Crippen molar-refractivity contribution in [3.05, 3.63) is 84.2 Å². The average molecular weight is 437 g/mol. The number of para-hydroxylation sites is 1. The summed E-state index contributed by atoms with van der Waals surface area (Å²) in [6.45, 7) is 0. The highest BCUT2D eigenvalue weighted by molar-refractivity contribution is 7.90. The van der Waals surface area contributed by atoms with E-state index in [0.717, 1.165) is 34.0 Å². The molecule has 0 radical (unpaired) electrons. The molecule has 4 aromatic rings. The second-order valence-corrected chi connectivity index (χ2v) is 9.39. The monoisotopic (exact) mass is 436 g/mol. The van der Waals surface area contributed by atoms with Gasteiger partial charge in [0, 0.05) is 35.0 Å². The molecule has 0 unspecified atom stereocenters. The molecule has 1 aromatic heterocycles. The highest BCUT2D eigenvalue weighted by atomic mass is 32.2. The molecule has 158 valence electrons. The number of halogens is 1. The molecule has 1 amide bonds. The lowest BCUT2D eigenvalue weighted by molar-refractivity contribution is -0.116. The Hall–Kier alpha value is -3.45. The number of hydrogen-bond acceptors (Lipinski definition) is 3. The van der Waals surface area contributed by atoms with Gasteiger partial charge in [-0.25, -0.2) is 12.8 Å². The van der Waals surface area contributed by atoms with Crippen molar-refractivity contribution in [3.63, 3.8) is 0 Å². The summed E-state index contributed by atoms with van der Waals surface area (Å²) in [4.78, 5) is 16.1. The number of aromatic amines is 1. The van der Waals surface area contributed by atoms with E-state index in [4.69, 9.17) is 0 Å². The molecular formula is C24H21FN2O3S. The maximum Gasteiger partial charge on any atom is 0.224 e. The number of carbonyl (C=O) groups excluding carboxylic acids is 1. The molecule has 0 spiro atoms. The van der Waals surface area contributed by atoms with Gasteiger partial charge in [-0.2, -0.15) is 0 Å². The number of anilines is 1. The van der Waals surface area contributed by atoms with E-state index in [0.29, 0.717) is 12.1 Å². The van der Waals surface area contributed by atoms with E-state index >= 15 is 0 Å². The smallest absolute Gasteiger partial charge is 0.224 e. The van der Waals surface area contributed by atoms with Crippen LogP contribution in [0.15, 0.2) is 77.7 Å². The van der Waals surface area contributed by atoms with E-state index in [1.165, 1.54) is 24.3 Å². The summed E-state index contributed by atoms with van der Waals surface area (Å²) in [5.41, 5.74) is 4.05. The molecule has 7 heteroatoms. The minimum atomic E-state index is -3.35. The second-order valence-electron chi connectivity index (χ2n) is 7.38. The first-order valence-corrected chi connectivity index (χ1v) is 11.7. The summed E-state index contributed by atoms with van der Waals surface area (Å²) >= 11 is 0. The Morgan fingerprint density at radius 2 is 1.74 bits per heavy atom. The number of sulfone groups is 1. The Kier molecular flexibility index (Phi) is 5.61. The number of rotatable bonds is 6. The third-order valence-electron chi connectivity index (χ3n) is 5.09. The first-order valence-electron chi connectivity index (χ1n) is 9.77. The predicted molar refractivity (Wildman–Crippen MR) is 120 cm³/mol. The van der Waals surface area contributed by atoms with Gasteiger partial charge in [-0.3, -0.25) is 4.79 Å². The van der Waals surface area contributed by atoms with Crippen LogP contribution in [-0.4, -0.2) is 25.6 Å². The molecule has 1 heterocycles. The molecular weight excluding hydrogens is 415 g/mol. The van der Waals surface area contributed by atoms with Gasteiger partial charge in [0.05, 0.1) is 4.90 Å². The van der Waals surface area contributed by atoms with Crippen molar-refractivity contribution < 1.29 is 17.6 Å². The van der Waals surface area contributed by atoms with Crippen molar-refractivity contribution in [1.82, 2.24) is 4.98 Å². The van der Waals surface area contributed by atoms with Gasteiger partial charge in [-0.15, -0.1) is 0 Å². The number of nitrogens with one attached hydrogen (secondary N) is 2. The van der Waals surface area contributed by atoms with E-state index in [1.807, 2.05) is 24.3 Å². The zero-order valence-corrected chi connectivity index (χ0v) is 17.7. The highest BCUT2D eigenvalue weighted by Crippen LogP contribution is 2.31. The topological polar surface area (TPSA) is 79.0 Å². The molecule has 0 bridgehead atoms. The van der Waals surface area contributed by atoms with Gasteiger partial charge in [0.25, 0.3) is 0 Å². The Morgan fingerprint density at radius 1 is 1.00 bits per heavy atom. The number of H-pyrrole nitrogens is 1. The Balaban J connectivity index is 1.57. The van der Waals surface area contributed by atoms with Gasteiger partial charge in [0.1, 0.15) is 5.82 Å². The standard InChI is InChI=1S/C24H21FN2O3S/c1-31(29,30)19-6-4-5-18(15-19)26-23(28)14-13-21-20-7-2-3-8-22(20)27-24(21)16-9-11-17(25)12-10-16/h2-12,15,27H,13-14H2,1H3,(H,26,28). The van der Waals surface area contributed by atoms with E-state index < -0.39 is 9.84 Å². The van der Waals surface area contributed by atoms with Crippen molar-refractivity contribution in [1.29, 1.82) is 0 Å². The van der Waals surface area contributed by atoms with Gasteiger partial charge in [-0.1, -0.05) is 24.3 Å². The lowest BCUT2D eigenvalue weighted by Gasteiger charge is -2.08. The average Bonchev–Trinajstić information content (AvgIpc) is 3.11. The van der Waals surface area contributed by atoms with E-state index in [2.05, 4.69) is 10.3 Å². The number of aryl methyl sites for hydroxylation is 1. The van der Waals surface area contributed by atoms with Crippen molar-refractivity contribution in [2.75, 3.05) is 11.6 Å². The van der Waals surface area contributed by atoms with Crippen LogP contribution in [0.25, 0.3) is 22.2 Å². The second kappa shape index (κ2) is 8.35. The highest BCUT2D eigenvalue weighted by Gasteiger charge is 2.15. The van der Waals surface area contributed by atoms with Gasteiger partial charge in [0.15, 0.2) is 9.84 Å². The summed E-state index contributed by atoms with van der Waals surface area (Å²) in [5.74, 6) is -0.530. The van der Waals surface area contributed by atoms with Crippen LogP contribution >= 0.6 is 0 Å². The zero-order chi connectivity index (χ0) is 22.0. The lowest BCUT2D eigenvalue weighted by Crippen LogP contribution is -2.13. The van der Waals surface area contributed by atoms with E-state index in [1.54, 1.807) is 24.3 Å². The summed E-state index contributed by atoms with van der Waals surface area (Å²) in [6, 6.07) is 20.2. The van der Waals surface area contributed by atoms with Gasteiger partial charge < -0.3 is 10.3 Å². The van der Waals surface area contributed by atoms with Crippen molar-refractivity contribution in [2.45, 2.75) is 17.7 Å². The summed E-state index contributed by atoms with van der Waals surface area (Å²) in [7, 11) is -3.35. The maximum atomic E-state index is 13.4. The Bertz CT molecular complexity index is 1360. The third-order valence-corrected chi connectivity index (χ3v) is 6.20. The van der Waals surface area contributed by atoms with Crippen LogP contribution in [0.1, 0.15) is 12.0 Å². The van der Waals surface area contributed by atoms with Gasteiger partial charge in [0.2, 0.25) is 5.91 Å². The normalized spacial score (nSPS) is 11.5. The molecule has 4 rings (SSSR count). The summed E-state index contributed by atoms with van der Waals surface area (Å²) in [6.07, 6.45) is 1.80. The zero-order valence-electron chi connectivity index (χ0n) is 16.9. The molecule has 0 fully saturated rings. The number of hydrogen-bond donors (Lipinski definition) is 2. The fourth-order valence-electron chi connectivity index (χ4n) is 3.59. The largest absolute Gasteiger partial charge is 0.354 e. The van der Waals surface area contributed by atoms with Crippen LogP contribution in [0.5, 0.6) is 0 Å². The maximum absolute atomic E-state index is 13.4. The number of carbonyl (C=O) groups is 1. The molecule has 0 atom stereocenters. The van der Waals surface area contributed by atoms with Crippen LogP contribution in [0.2, 0.25) is 0 Å². The van der Waals surface area contributed by atoms with Gasteiger partial charge >= 0.3 is 0 Å². The molecule has 3 aromatic carbocycles. The molecule has 0 aliphatic heterocycles. The van der Waals surface area contributed by atoms with Crippen LogP contribution in [-0.2, 0) is 21.1 Å². The predicted octanol–water partition coefficient (Wildman–Crippen LogP) is 4.95. The van der Waals surface area contributed by atoms with Crippen LogP contribution in [0.4, 0.5) is 10.1 Å². The van der Waals surface area contributed by atoms with Crippen molar-refractivity contribution >= 4 is 32.3 Å². The quantitative estimate of drug-likeness (QED) is 0.449. The van der Waals surface area contributed by atoms with Gasteiger partial charge in [-0.05, 0) is 66.1 Å². The molecule has 31 heavy (non-hydrogen) atoms. The first-order chi connectivity index (χ1) is 14.8. The molecule has 2 N–H and O–H groups in total. The number of amides is 1. The Labute approximate surface area is 179 Å². The number of benzene rings is 3. The molecule has 0 aliphatic carbocycles. The fraction of sp³-hybridized carbons (Fsp3) is 0.125.